The number of nitrogens with zero attached hydrogens (tertiary/aromatic N) is 3. The zero-order valence-corrected chi connectivity index (χ0v) is 19.7. The predicted octanol–water partition coefficient (Wildman–Crippen LogP) is 5.48. The summed E-state index contributed by atoms with van der Waals surface area (Å²) in [5.74, 6) is 1.76. The fraction of sp³-hybridized carbons (Fsp3) is 0.259. The maximum absolute atomic E-state index is 6.07. The molecule has 0 bridgehead atoms. The SMILES string of the molecule is C=CCNC(=S)c1c(-c2ccc(C)cc2)c2c3n(c(COc4ccccc4)nn13)CCCC2. The number of para-hydroxylation sites is 1. The molecule has 6 heteroatoms. The van der Waals surface area contributed by atoms with Crippen LogP contribution in [0.1, 0.15) is 35.5 Å². The van der Waals surface area contributed by atoms with Crippen molar-refractivity contribution < 1.29 is 4.74 Å². The summed E-state index contributed by atoms with van der Waals surface area (Å²) in [5, 5.41) is 8.37. The van der Waals surface area contributed by atoms with E-state index in [0.29, 0.717) is 18.1 Å². The highest BCUT2D eigenvalue weighted by Crippen LogP contribution is 2.37. The molecule has 0 radical (unpaired) electrons. The van der Waals surface area contributed by atoms with E-state index in [1.165, 1.54) is 22.3 Å². The topological polar surface area (TPSA) is 43.5 Å². The molecule has 0 fully saturated rings. The van der Waals surface area contributed by atoms with Crippen LogP contribution in [-0.4, -0.2) is 25.7 Å². The molecule has 0 saturated carbocycles. The van der Waals surface area contributed by atoms with Gasteiger partial charge in [-0.2, -0.15) is 0 Å². The first kappa shape index (κ1) is 21.5. The van der Waals surface area contributed by atoms with Gasteiger partial charge < -0.3 is 14.6 Å². The number of ether oxygens (including phenoxy) is 1. The lowest BCUT2D eigenvalue weighted by molar-refractivity contribution is 0.288. The van der Waals surface area contributed by atoms with Crippen molar-refractivity contribution in [3.63, 3.8) is 0 Å². The number of benzene rings is 2. The Morgan fingerprint density at radius 2 is 1.94 bits per heavy atom. The molecule has 1 N–H and O–H groups in total. The number of thiocarbonyl (C=S) groups is 1. The van der Waals surface area contributed by atoms with E-state index in [2.05, 4.69) is 47.7 Å². The van der Waals surface area contributed by atoms with Gasteiger partial charge in [0, 0.05) is 24.2 Å². The van der Waals surface area contributed by atoms with Gasteiger partial charge in [0.25, 0.3) is 0 Å². The lowest BCUT2D eigenvalue weighted by atomic mass is 9.97. The zero-order valence-electron chi connectivity index (χ0n) is 18.9. The quantitative estimate of drug-likeness (QED) is 0.296. The minimum atomic E-state index is 0.414. The maximum atomic E-state index is 6.07. The maximum Gasteiger partial charge on any atom is 0.169 e. The highest BCUT2D eigenvalue weighted by molar-refractivity contribution is 7.80. The van der Waals surface area contributed by atoms with Crippen LogP contribution in [0.25, 0.3) is 16.8 Å². The van der Waals surface area contributed by atoms with Crippen molar-refractivity contribution in [1.29, 1.82) is 0 Å². The van der Waals surface area contributed by atoms with Gasteiger partial charge in [-0.25, -0.2) is 4.52 Å². The summed E-state index contributed by atoms with van der Waals surface area (Å²) >= 11 is 5.88. The van der Waals surface area contributed by atoms with Crippen LogP contribution in [0.3, 0.4) is 0 Å². The first-order valence-electron chi connectivity index (χ1n) is 11.4. The Labute approximate surface area is 199 Å². The number of hydrogen-bond acceptors (Lipinski definition) is 3. The van der Waals surface area contributed by atoms with Gasteiger partial charge in [-0.05, 0) is 43.9 Å². The summed E-state index contributed by atoms with van der Waals surface area (Å²) in [6.45, 7) is 7.89. The van der Waals surface area contributed by atoms with Gasteiger partial charge in [-0.1, -0.05) is 66.3 Å². The smallest absolute Gasteiger partial charge is 0.169 e. The van der Waals surface area contributed by atoms with Crippen molar-refractivity contribution in [1.82, 2.24) is 19.5 Å². The Morgan fingerprint density at radius 1 is 1.15 bits per heavy atom. The minimum Gasteiger partial charge on any atom is -0.486 e. The van der Waals surface area contributed by atoms with E-state index < -0.39 is 0 Å². The van der Waals surface area contributed by atoms with Crippen LogP contribution in [0.5, 0.6) is 5.75 Å². The van der Waals surface area contributed by atoms with E-state index in [0.717, 1.165) is 48.7 Å². The van der Waals surface area contributed by atoms with E-state index in [1.54, 1.807) is 0 Å². The molecular formula is C27H28N4OS. The summed E-state index contributed by atoms with van der Waals surface area (Å²) < 4.78 is 10.4. The molecule has 3 heterocycles. The van der Waals surface area contributed by atoms with Gasteiger partial charge in [0.2, 0.25) is 0 Å². The van der Waals surface area contributed by atoms with E-state index in [4.69, 9.17) is 22.1 Å². The van der Waals surface area contributed by atoms with E-state index in [-0.39, 0.29) is 0 Å². The fourth-order valence-electron chi connectivity index (χ4n) is 4.56. The van der Waals surface area contributed by atoms with Gasteiger partial charge in [0.05, 0.1) is 0 Å². The molecule has 4 aromatic rings. The Bertz CT molecular complexity index is 1300. The van der Waals surface area contributed by atoms with Gasteiger partial charge in [0.15, 0.2) is 5.82 Å². The molecule has 0 spiro atoms. The van der Waals surface area contributed by atoms with Crippen molar-refractivity contribution in [3.8, 4) is 16.9 Å². The number of nitrogens with one attached hydrogen (secondary N) is 1. The molecule has 33 heavy (non-hydrogen) atoms. The van der Waals surface area contributed by atoms with Crippen molar-refractivity contribution in [3.05, 3.63) is 89.9 Å². The van der Waals surface area contributed by atoms with Gasteiger partial charge in [-0.15, -0.1) is 11.7 Å². The number of rotatable bonds is 7. The number of hydrogen-bond donors (Lipinski definition) is 1. The second-order valence-corrected chi connectivity index (χ2v) is 8.84. The second-order valence-electron chi connectivity index (χ2n) is 8.43. The monoisotopic (exact) mass is 456 g/mol. The summed E-state index contributed by atoms with van der Waals surface area (Å²) in [4.78, 5) is 0.687. The molecule has 1 aliphatic heterocycles. The lowest BCUT2D eigenvalue weighted by Gasteiger charge is -2.11. The highest BCUT2D eigenvalue weighted by Gasteiger charge is 2.29. The van der Waals surface area contributed by atoms with Crippen molar-refractivity contribution in [2.45, 2.75) is 39.3 Å². The van der Waals surface area contributed by atoms with E-state index >= 15 is 0 Å². The Morgan fingerprint density at radius 3 is 2.70 bits per heavy atom. The molecule has 168 valence electrons. The Kier molecular flexibility index (Phi) is 6.01. The number of aryl methyl sites for hydroxylation is 3. The Balaban J connectivity index is 1.67. The van der Waals surface area contributed by atoms with E-state index in [9.17, 15) is 0 Å². The Hall–Kier alpha value is -3.38. The molecule has 5 rings (SSSR count). The largest absolute Gasteiger partial charge is 0.486 e. The molecule has 2 aromatic carbocycles. The molecule has 2 aromatic heterocycles. The predicted molar refractivity (Wildman–Crippen MR) is 137 cm³/mol. The molecule has 0 unspecified atom stereocenters. The first-order valence-corrected chi connectivity index (χ1v) is 11.8. The normalized spacial score (nSPS) is 13.0. The summed E-state index contributed by atoms with van der Waals surface area (Å²) in [6.07, 6.45) is 5.07. The van der Waals surface area contributed by atoms with Crippen molar-refractivity contribution >= 4 is 22.9 Å². The average Bonchev–Trinajstić information content (AvgIpc) is 3.24. The van der Waals surface area contributed by atoms with Crippen molar-refractivity contribution in [2.75, 3.05) is 6.54 Å². The van der Waals surface area contributed by atoms with Gasteiger partial charge in [-0.3, -0.25) is 0 Å². The van der Waals surface area contributed by atoms with Crippen LogP contribution in [0.15, 0.2) is 67.3 Å². The highest BCUT2D eigenvalue weighted by atomic mass is 32.1. The fourth-order valence-corrected chi connectivity index (χ4v) is 4.84. The van der Waals surface area contributed by atoms with Crippen LogP contribution in [0, 0.1) is 6.92 Å². The molecule has 0 atom stereocenters. The number of aromatic nitrogens is 3. The molecular weight excluding hydrogens is 428 g/mol. The van der Waals surface area contributed by atoms with Gasteiger partial charge in [0.1, 0.15) is 28.7 Å². The van der Waals surface area contributed by atoms with Crippen LogP contribution in [-0.2, 0) is 19.6 Å². The third-order valence-corrected chi connectivity index (χ3v) is 6.47. The average molecular weight is 457 g/mol. The molecule has 1 aliphatic rings. The first-order chi connectivity index (χ1) is 16.2. The summed E-state index contributed by atoms with van der Waals surface area (Å²) in [7, 11) is 0. The third-order valence-electron chi connectivity index (χ3n) is 6.14. The molecule has 0 amide bonds. The second kappa shape index (κ2) is 9.24. The van der Waals surface area contributed by atoms with Crippen molar-refractivity contribution in [2.24, 2.45) is 0 Å². The minimum absolute atomic E-state index is 0.414. The summed E-state index contributed by atoms with van der Waals surface area (Å²) in [6, 6.07) is 18.6. The van der Waals surface area contributed by atoms with E-state index in [1.807, 2.05) is 40.9 Å². The van der Waals surface area contributed by atoms with Crippen LogP contribution in [0.2, 0.25) is 0 Å². The van der Waals surface area contributed by atoms with Crippen LogP contribution in [0.4, 0.5) is 0 Å². The van der Waals surface area contributed by atoms with Crippen LogP contribution < -0.4 is 10.1 Å². The zero-order chi connectivity index (χ0) is 22.8. The lowest BCUT2D eigenvalue weighted by Crippen LogP contribution is -2.24. The third kappa shape index (κ3) is 4.07. The molecule has 5 nitrogen and oxygen atoms in total. The molecule has 0 aliphatic carbocycles. The molecule has 0 saturated heterocycles. The summed E-state index contributed by atoms with van der Waals surface area (Å²) in [5.41, 5.74) is 6.99. The van der Waals surface area contributed by atoms with Gasteiger partial charge >= 0.3 is 0 Å². The standard InChI is InChI=1S/C27H28N4OS/c1-3-16-28-26(33)25-24(20-14-12-19(2)13-15-20)22-11-7-8-17-30-23(29-31(25)27(22)30)18-32-21-9-5-4-6-10-21/h3-6,9-10,12-15H,1,7-8,11,16-18H2,2H3,(H,28,33). The van der Waals surface area contributed by atoms with Crippen LogP contribution >= 0.6 is 12.2 Å².